The Hall–Kier alpha value is -3.41. The Morgan fingerprint density at radius 2 is 1.97 bits per heavy atom. The molecule has 0 spiro atoms. The normalized spacial score (nSPS) is 20.0. The largest absolute Gasteiger partial charge is 0.504 e. The van der Waals surface area contributed by atoms with Crippen molar-refractivity contribution in [2.75, 3.05) is 23.3 Å². The van der Waals surface area contributed by atoms with Crippen LogP contribution in [-0.4, -0.2) is 48.8 Å². The Balaban J connectivity index is 1.87. The zero-order valence-corrected chi connectivity index (χ0v) is 20.2. The highest BCUT2D eigenvalue weighted by Crippen LogP contribution is 2.35. The van der Waals surface area contributed by atoms with Crippen molar-refractivity contribution >= 4 is 38.6 Å². The minimum atomic E-state index is -3.38. The Morgan fingerprint density at radius 3 is 2.59 bits per heavy atom. The highest BCUT2D eigenvalue weighted by atomic mass is 32.2. The molecular weight excluding hydrogens is 460 g/mol. The lowest BCUT2D eigenvalue weighted by molar-refractivity contribution is -0.385. The van der Waals surface area contributed by atoms with Crippen molar-refractivity contribution < 1.29 is 14.2 Å². The number of aromatic hydroxyl groups is 1. The first-order valence-corrected chi connectivity index (χ1v) is 12.7. The Kier molecular flexibility index (Phi) is 5.88. The summed E-state index contributed by atoms with van der Waals surface area (Å²) in [6.45, 7) is 7.88. The molecule has 182 valence electrons. The van der Waals surface area contributed by atoms with Gasteiger partial charge in [0, 0.05) is 31.8 Å². The second-order valence-electron chi connectivity index (χ2n) is 9.72. The molecule has 4 rings (SSSR count). The van der Waals surface area contributed by atoms with Gasteiger partial charge >= 0.3 is 0 Å². The first kappa shape index (κ1) is 23.7. The van der Waals surface area contributed by atoms with E-state index in [-0.39, 0.29) is 44.7 Å². The molecule has 2 aromatic rings. The van der Waals surface area contributed by atoms with Crippen LogP contribution in [0, 0.1) is 15.5 Å². The second kappa shape index (κ2) is 8.42. The zero-order valence-electron chi connectivity index (χ0n) is 19.4. The number of nitro groups is 1. The van der Waals surface area contributed by atoms with Crippen LogP contribution in [0.1, 0.15) is 45.6 Å². The lowest BCUT2D eigenvalue weighted by Crippen LogP contribution is -2.36. The van der Waals surface area contributed by atoms with Crippen LogP contribution >= 0.6 is 0 Å². The van der Waals surface area contributed by atoms with E-state index < -0.39 is 20.2 Å². The van der Waals surface area contributed by atoms with Gasteiger partial charge in [-0.1, -0.05) is 20.8 Å². The minimum Gasteiger partial charge on any atom is -0.504 e. The zero-order chi connectivity index (χ0) is 24.8. The second-order valence-corrected chi connectivity index (χ2v) is 11.6. The highest BCUT2D eigenvalue weighted by Gasteiger charge is 2.31. The lowest BCUT2D eigenvalue weighted by Gasteiger charge is -2.25. The molecule has 0 bridgehead atoms. The molecule has 1 saturated heterocycles. The van der Waals surface area contributed by atoms with Gasteiger partial charge in [0.15, 0.2) is 17.4 Å². The number of aryl methyl sites for hydroxylation is 1. The van der Waals surface area contributed by atoms with Crippen LogP contribution < -0.4 is 15.8 Å². The van der Waals surface area contributed by atoms with Crippen LogP contribution in [0.15, 0.2) is 32.3 Å². The van der Waals surface area contributed by atoms with Crippen molar-refractivity contribution in [1.82, 2.24) is 9.78 Å². The topological polar surface area (TPSA) is 143 Å². The van der Waals surface area contributed by atoms with Gasteiger partial charge in [0.05, 0.1) is 25.2 Å². The molecule has 1 aromatic heterocycles. The smallest absolute Gasteiger partial charge is 0.281 e. The molecule has 11 nitrogen and oxygen atoms in total. The van der Waals surface area contributed by atoms with Crippen LogP contribution in [0.5, 0.6) is 5.75 Å². The van der Waals surface area contributed by atoms with Crippen molar-refractivity contribution in [2.45, 2.75) is 51.5 Å². The van der Waals surface area contributed by atoms with Gasteiger partial charge in [0.1, 0.15) is 5.56 Å². The summed E-state index contributed by atoms with van der Waals surface area (Å²) in [5.74, 6) is 3.49. The van der Waals surface area contributed by atoms with E-state index in [4.69, 9.17) is 0 Å². The maximum absolute atomic E-state index is 13.4. The van der Waals surface area contributed by atoms with E-state index in [0.717, 1.165) is 18.9 Å². The third-order valence-electron chi connectivity index (χ3n) is 5.84. The maximum Gasteiger partial charge on any atom is 0.281 e. The average Bonchev–Trinajstić information content (AvgIpc) is 3.26. The molecular formula is C22H28N6O5S. The molecule has 0 radical (unpaired) electrons. The summed E-state index contributed by atoms with van der Waals surface area (Å²) < 4.78 is 18.8. The molecule has 12 heteroatoms. The third kappa shape index (κ3) is 4.49. The van der Waals surface area contributed by atoms with Gasteiger partial charge < -0.3 is 15.3 Å². The first-order valence-electron chi connectivity index (χ1n) is 11.0. The molecule has 3 heterocycles. The summed E-state index contributed by atoms with van der Waals surface area (Å²) in [6, 6.07) is 3.81. The molecule has 2 aliphatic rings. The van der Waals surface area contributed by atoms with Crippen molar-refractivity contribution in [1.29, 1.82) is 0 Å². The van der Waals surface area contributed by atoms with Crippen LogP contribution in [0.2, 0.25) is 0 Å². The number of non-ortho nitro benzene ring substituents is 1. The molecule has 2 N–H and O–H groups in total. The maximum atomic E-state index is 13.4. The van der Waals surface area contributed by atoms with Gasteiger partial charge in [-0.15, -0.1) is 5.10 Å². The average molecular weight is 489 g/mol. The van der Waals surface area contributed by atoms with Gasteiger partial charge in [-0.25, -0.2) is 8.89 Å². The van der Waals surface area contributed by atoms with Gasteiger partial charge in [-0.2, -0.15) is 4.40 Å². The fraction of sp³-hybridized carbons (Fsp3) is 0.455. The summed E-state index contributed by atoms with van der Waals surface area (Å²) in [6.07, 6.45) is 2.55. The summed E-state index contributed by atoms with van der Waals surface area (Å²) in [7, 11) is -3.38. The van der Waals surface area contributed by atoms with Crippen LogP contribution in [0.4, 0.5) is 17.2 Å². The molecule has 2 aliphatic heterocycles. The van der Waals surface area contributed by atoms with E-state index in [0.29, 0.717) is 26.1 Å². The number of rotatable bonds is 5. The lowest BCUT2D eigenvalue weighted by atomic mass is 9.92. The molecule has 1 aromatic carbocycles. The summed E-state index contributed by atoms with van der Waals surface area (Å²) in [4.78, 5) is 26.0. The van der Waals surface area contributed by atoms with Crippen LogP contribution in [0.3, 0.4) is 0 Å². The molecule has 1 unspecified atom stereocenters. The number of aromatic nitrogens is 2. The van der Waals surface area contributed by atoms with E-state index in [1.165, 1.54) is 16.8 Å². The SMILES string of the molecule is C=S1(=O)N=C(c2c(O)c(N3CCCC3)nn(CCC(C)(C)C)c2=O)Nc2ccc([N+](=O)[O-])cc21. The summed E-state index contributed by atoms with van der Waals surface area (Å²) >= 11 is 0. The highest BCUT2D eigenvalue weighted by molar-refractivity contribution is 7.99. The number of benzene rings is 1. The molecule has 1 atom stereocenters. The van der Waals surface area contributed by atoms with Gasteiger partial charge in [0.2, 0.25) is 0 Å². The van der Waals surface area contributed by atoms with Crippen molar-refractivity contribution in [3.63, 3.8) is 0 Å². The predicted octanol–water partition coefficient (Wildman–Crippen LogP) is 2.76. The van der Waals surface area contributed by atoms with Crippen molar-refractivity contribution in [2.24, 2.45) is 9.81 Å². The number of nitro benzene ring substituents is 1. The van der Waals surface area contributed by atoms with Crippen LogP contribution in [0.25, 0.3) is 0 Å². The fourth-order valence-electron chi connectivity index (χ4n) is 3.94. The van der Waals surface area contributed by atoms with Crippen molar-refractivity contribution in [3.8, 4) is 5.75 Å². The molecule has 0 aliphatic carbocycles. The number of hydrogen-bond donors (Lipinski definition) is 2. The molecule has 0 amide bonds. The third-order valence-corrected chi connectivity index (χ3v) is 7.34. The van der Waals surface area contributed by atoms with Gasteiger partial charge in [-0.3, -0.25) is 14.9 Å². The van der Waals surface area contributed by atoms with Gasteiger partial charge in [0.25, 0.3) is 11.2 Å². The monoisotopic (exact) mass is 488 g/mol. The number of nitrogens with one attached hydrogen (secondary N) is 1. The standard InChI is InChI=1S/C22H28N6O5S/c1-22(2,3)9-12-27-21(30)17(18(29)20(24-27)26-10-5-6-11-26)19-23-15-8-7-14(28(31)32)13-16(15)34(4,33)25-19/h7-8,13,29H,4-6,9-12H2,1-3H3,(H,23,25,33). The molecule has 34 heavy (non-hydrogen) atoms. The number of amidine groups is 1. The van der Waals surface area contributed by atoms with E-state index in [1.807, 2.05) is 4.90 Å². The van der Waals surface area contributed by atoms with Crippen molar-refractivity contribution in [3.05, 3.63) is 44.2 Å². The Labute approximate surface area is 197 Å². The Bertz CT molecular complexity index is 1350. The molecule has 1 fully saturated rings. The quantitative estimate of drug-likeness (QED) is 0.372. The van der Waals surface area contributed by atoms with E-state index >= 15 is 0 Å². The predicted molar refractivity (Wildman–Crippen MR) is 132 cm³/mol. The first-order chi connectivity index (χ1) is 15.9. The number of hydrogen-bond acceptors (Lipinski definition) is 8. The number of fused-ring (bicyclic) bond motifs is 1. The number of anilines is 2. The fourth-order valence-corrected chi connectivity index (χ4v) is 5.24. The van der Waals surface area contributed by atoms with Gasteiger partial charge in [-0.05, 0) is 36.6 Å². The minimum absolute atomic E-state index is 0.0527. The van der Waals surface area contributed by atoms with E-state index in [2.05, 4.69) is 41.5 Å². The summed E-state index contributed by atoms with van der Waals surface area (Å²) in [5.41, 5.74) is -0.746. The van der Waals surface area contributed by atoms with E-state index in [9.17, 15) is 24.2 Å². The van der Waals surface area contributed by atoms with Crippen LogP contribution in [-0.2, 0) is 16.3 Å². The Morgan fingerprint density at radius 1 is 1.29 bits per heavy atom. The molecule has 0 saturated carbocycles. The number of nitrogens with zero attached hydrogens (tertiary/aromatic N) is 5. The summed E-state index contributed by atoms with van der Waals surface area (Å²) in [5, 5.41) is 29.7. The van der Waals surface area contributed by atoms with E-state index in [1.54, 1.807) is 0 Å².